The Hall–Kier alpha value is -0.461. The van der Waals surface area contributed by atoms with Gasteiger partial charge in [-0.05, 0) is 0 Å². The summed E-state index contributed by atoms with van der Waals surface area (Å²) in [6, 6.07) is 7.49. The van der Waals surface area contributed by atoms with Gasteiger partial charge in [-0.25, -0.2) is 12.1 Å². The normalized spacial score (nSPS) is 10.6. The monoisotopic (exact) mass is 205 g/mol. The fraction of sp³-hybridized carbons (Fsp3) is 0.400. The summed E-state index contributed by atoms with van der Waals surface area (Å²) in [6.07, 6.45) is 0. The first-order valence-corrected chi connectivity index (χ1v) is 3.78. The SMILES string of the molecule is CC(C)(C)C(=O)[c-]1cccc1.[Fe]. The summed E-state index contributed by atoms with van der Waals surface area (Å²) >= 11 is 0. The Morgan fingerprint density at radius 2 is 1.58 bits per heavy atom. The van der Waals surface area contributed by atoms with Crippen LogP contribution in [0, 0.1) is 5.41 Å². The smallest absolute Gasteiger partial charge is 0.114 e. The number of ketones is 1. The predicted octanol–water partition coefficient (Wildman–Crippen LogP) is 2.63. The molecule has 12 heavy (non-hydrogen) atoms. The van der Waals surface area contributed by atoms with E-state index in [9.17, 15) is 4.79 Å². The molecule has 0 unspecified atom stereocenters. The maximum atomic E-state index is 11.5. The van der Waals surface area contributed by atoms with Crippen LogP contribution in [0.25, 0.3) is 0 Å². The molecule has 0 amide bonds. The van der Waals surface area contributed by atoms with Crippen molar-refractivity contribution in [1.82, 2.24) is 0 Å². The van der Waals surface area contributed by atoms with Crippen molar-refractivity contribution in [1.29, 1.82) is 0 Å². The molecule has 0 aliphatic carbocycles. The van der Waals surface area contributed by atoms with Gasteiger partial charge in [0, 0.05) is 22.5 Å². The maximum Gasteiger partial charge on any atom is 0.114 e. The van der Waals surface area contributed by atoms with Crippen molar-refractivity contribution in [2.45, 2.75) is 20.8 Å². The van der Waals surface area contributed by atoms with Gasteiger partial charge in [0.2, 0.25) is 0 Å². The summed E-state index contributed by atoms with van der Waals surface area (Å²) in [5.41, 5.74) is 0.562. The van der Waals surface area contributed by atoms with Crippen LogP contribution in [0.1, 0.15) is 31.1 Å². The first-order valence-electron chi connectivity index (χ1n) is 3.78. The zero-order chi connectivity index (χ0) is 8.48. The molecule has 0 N–H and O–H groups in total. The molecule has 0 heterocycles. The second-order valence-corrected chi connectivity index (χ2v) is 3.75. The summed E-state index contributed by atoms with van der Waals surface area (Å²) in [6.45, 7) is 5.80. The molecular weight excluding hydrogens is 192 g/mol. The van der Waals surface area contributed by atoms with Crippen LogP contribution in [0.15, 0.2) is 24.3 Å². The number of hydrogen-bond donors (Lipinski definition) is 0. The van der Waals surface area contributed by atoms with Gasteiger partial charge in [0.05, 0.1) is 0 Å². The van der Waals surface area contributed by atoms with Gasteiger partial charge in [-0.3, -0.25) is 0 Å². The molecule has 0 saturated carbocycles. The van der Waals surface area contributed by atoms with Crippen molar-refractivity contribution in [3.63, 3.8) is 0 Å². The van der Waals surface area contributed by atoms with Gasteiger partial charge in [0.25, 0.3) is 0 Å². The van der Waals surface area contributed by atoms with Gasteiger partial charge in [-0.15, -0.1) is 0 Å². The summed E-state index contributed by atoms with van der Waals surface area (Å²) in [7, 11) is 0. The quantitative estimate of drug-likeness (QED) is 0.391. The predicted molar refractivity (Wildman–Crippen MR) is 45.8 cm³/mol. The van der Waals surface area contributed by atoms with Gasteiger partial charge < -0.3 is 4.79 Å². The standard InChI is InChI=1S/C10H13O.Fe/c1-10(2,3)9(11)8-6-4-5-7-8;/h4-7H,1-3H3;/q-1;. The second-order valence-electron chi connectivity index (χ2n) is 3.75. The molecule has 1 nitrogen and oxygen atoms in total. The molecular formula is C10H13FeO-. The van der Waals surface area contributed by atoms with Crippen LogP contribution in [0.3, 0.4) is 0 Å². The Morgan fingerprint density at radius 1 is 1.17 bits per heavy atom. The third-order valence-corrected chi connectivity index (χ3v) is 1.61. The Balaban J connectivity index is 0.00000121. The van der Waals surface area contributed by atoms with Gasteiger partial charge in [-0.1, -0.05) is 26.3 Å². The Kier molecular flexibility index (Phi) is 3.82. The first kappa shape index (κ1) is 11.5. The Labute approximate surface area is 84.0 Å². The Bertz CT molecular complexity index is 241. The van der Waals surface area contributed by atoms with E-state index in [0.717, 1.165) is 5.56 Å². The van der Waals surface area contributed by atoms with Crippen molar-refractivity contribution in [2.24, 2.45) is 5.41 Å². The summed E-state index contributed by atoms with van der Waals surface area (Å²) in [4.78, 5) is 11.5. The minimum Gasteiger partial charge on any atom is -0.308 e. The van der Waals surface area contributed by atoms with Crippen molar-refractivity contribution < 1.29 is 21.9 Å². The van der Waals surface area contributed by atoms with Gasteiger partial charge >= 0.3 is 0 Å². The topological polar surface area (TPSA) is 17.1 Å². The third-order valence-electron chi connectivity index (χ3n) is 1.61. The molecule has 68 valence electrons. The molecule has 1 aromatic carbocycles. The maximum absolute atomic E-state index is 11.5. The van der Waals surface area contributed by atoms with Crippen LogP contribution in [0.5, 0.6) is 0 Å². The minimum absolute atomic E-state index is 0. The number of carbonyl (C=O) groups excluding carboxylic acids is 1. The molecule has 0 atom stereocenters. The van der Waals surface area contributed by atoms with Crippen LogP contribution in [0.4, 0.5) is 0 Å². The van der Waals surface area contributed by atoms with Crippen LogP contribution in [-0.4, -0.2) is 5.78 Å². The van der Waals surface area contributed by atoms with Gasteiger partial charge in [0.1, 0.15) is 5.78 Å². The van der Waals surface area contributed by atoms with Gasteiger partial charge in [0.15, 0.2) is 0 Å². The third kappa shape index (κ3) is 2.54. The number of carbonyl (C=O) groups is 1. The van der Waals surface area contributed by atoms with E-state index in [2.05, 4.69) is 0 Å². The molecule has 0 radical (unpaired) electrons. The molecule has 2 heteroatoms. The van der Waals surface area contributed by atoms with Crippen molar-refractivity contribution in [2.75, 3.05) is 0 Å². The molecule has 0 aromatic heterocycles. The van der Waals surface area contributed by atoms with Crippen LogP contribution < -0.4 is 0 Å². The van der Waals surface area contributed by atoms with E-state index in [0.29, 0.717) is 0 Å². The number of hydrogen-bond acceptors (Lipinski definition) is 1. The van der Waals surface area contributed by atoms with E-state index in [-0.39, 0.29) is 28.3 Å². The molecule has 0 bridgehead atoms. The number of rotatable bonds is 1. The minimum atomic E-state index is -0.256. The van der Waals surface area contributed by atoms with Crippen LogP contribution >= 0.6 is 0 Å². The van der Waals surface area contributed by atoms with E-state index >= 15 is 0 Å². The van der Waals surface area contributed by atoms with E-state index in [1.165, 1.54) is 0 Å². The number of Topliss-reactive ketones (excluding diaryl/α,β-unsaturated/α-hetero) is 1. The molecule has 1 aromatic rings. The summed E-state index contributed by atoms with van der Waals surface area (Å²) < 4.78 is 0. The average Bonchev–Trinajstić information content (AvgIpc) is 2.34. The summed E-state index contributed by atoms with van der Waals surface area (Å²) in [5.74, 6) is 0.211. The van der Waals surface area contributed by atoms with Crippen molar-refractivity contribution >= 4 is 5.78 Å². The van der Waals surface area contributed by atoms with Crippen LogP contribution in [0.2, 0.25) is 0 Å². The fourth-order valence-electron chi connectivity index (χ4n) is 0.958. The second kappa shape index (κ2) is 3.97. The summed E-state index contributed by atoms with van der Waals surface area (Å²) in [5, 5.41) is 0. The van der Waals surface area contributed by atoms with Crippen molar-refractivity contribution in [3.8, 4) is 0 Å². The van der Waals surface area contributed by atoms with E-state index < -0.39 is 0 Å². The largest absolute Gasteiger partial charge is 0.308 e. The molecule has 0 saturated heterocycles. The molecule has 0 aliphatic heterocycles. The average molecular weight is 205 g/mol. The van der Waals surface area contributed by atoms with E-state index in [4.69, 9.17) is 0 Å². The first-order chi connectivity index (χ1) is 5.02. The zero-order valence-electron chi connectivity index (χ0n) is 7.57. The van der Waals surface area contributed by atoms with E-state index in [1.807, 2.05) is 45.0 Å². The molecule has 0 fully saturated rings. The van der Waals surface area contributed by atoms with Gasteiger partial charge in [-0.2, -0.15) is 12.1 Å². The molecule has 1 rings (SSSR count). The fourth-order valence-corrected chi connectivity index (χ4v) is 0.958. The van der Waals surface area contributed by atoms with E-state index in [1.54, 1.807) is 0 Å². The van der Waals surface area contributed by atoms with Crippen LogP contribution in [-0.2, 0) is 17.1 Å². The molecule has 0 spiro atoms. The Morgan fingerprint density at radius 3 is 1.92 bits per heavy atom. The zero-order valence-corrected chi connectivity index (χ0v) is 8.68. The molecule has 0 aliphatic rings. The van der Waals surface area contributed by atoms with Crippen molar-refractivity contribution in [3.05, 3.63) is 29.8 Å².